The van der Waals surface area contributed by atoms with Crippen LogP contribution in [0.1, 0.15) is 53.2 Å². The molecule has 122 valence electrons. The third kappa shape index (κ3) is 2.97. The van der Waals surface area contributed by atoms with Crippen LogP contribution in [0.5, 0.6) is 0 Å². The van der Waals surface area contributed by atoms with Crippen molar-refractivity contribution in [1.29, 1.82) is 5.26 Å². The number of hydrogen-bond donors (Lipinski definition) is 1. The standard InChI is InChI=1S/C18H23N3O2/c1-20(2)11-12-3-8-15-16(9-12)17(10-19)21(18(15)23)13-4-6-14(22)7-5-13/h3,8-9,13-14,17,22H,4-7,11H2,1-2H3. The summed E-state index contributed by atoms with van der Waals surface area (Å²) >= 11 is 0. The number of aliphatic hydroxyl groups is 1. The van der Waals surface area contributed by atoms with Gasteiger partial charge in [-0.15, -0.1) is 0 Å². The second-order valence-corrected chi connectivity index (χ2v) is 6.87. The van der Waals surface area contributed by atoms with Crippen LogP contribution >= 0.6 is 0 Å². The molecule has 3 rings (SSSR count). The largest absolute Gasteiger partial charge is 0.393 e. The molecule has 1 N–H and O–H groups in total. The van der Waals surface area contributed by atoms with Crippen LogP contribution in [0.25, 0.3) is 0 Å². The summed E-state index contributed by atoms with van der Waals surface area (Å²) in [6.45, 7) is 0.787. The van der Waals surface area contributed by atoms with E-state index in [1.807, 2.05) is 32.3 Å². The summed E-state index contributed by atoms with van der Waals surface area (Å²) < 4.78 is 0. The van der Waals surface area contributed by atoms with Crippen molar-refractivity contribution in [3.05, 3.63) is 34.9 Å². The van der Waals surface area contributed by atoms with E-state index in [1.165, 1.54) is 0 Å². The van der Waals surface area contributed by atoms with Gasteiger partial charge >= 0.3 is 0 Å². The lowest BCUT2D eigenvalue weighted by Gasteiger charge is -2.34. The molecule has 1 atom stereocenters. The van der Waals surface area contributed by atoms with Gasteiger partial charge in [0, 0.05) is 23.7 Å². The second-order valence-electron chi connectivity index (χ2n) is 6.87. The molecular formula is C18H23N3O2. The minimum absolute atomic E-state index is 0.0376. The molecule has 1 saturated carbocycles. The van der Waals surface area contributed by atoms with E-state index >= 15 is 0 Å². The zero-order valence-electron chi connectivity index (χ0n) is 13.7. The number of amides is 1. The number of carbonyl (C=O) groups is 1. The van der Waals surface area contributed by atoms with Crippen molar-refractivity contribution in [2.24, 2.45) is 0 Å². The lowest BCUT2D eigenvalue weighted by Crippen LogP contribution is -2.41. The topological polar surface area (TPSA) is 67.6 Å². The molecule has 0 aromatic heterocycles. The minimum atomic E-state index is -0.500. The van der Waals surface area contributed by atoms with E-state index in [2.05, 4.69) is 11.0 Å². The number of benzene rings is 1. The molecule has 1 unspecified atom stereocenters. The molecule has 2 aliphatic rings. The van der Waals surface area contributed by atoms with Crippen LogP contribution in [0.2, 0.25) is 0 Å². The van der Waals surface area contributed by atoms with Crippen LogP contribution in [0.3, 0.4) is 0 Å². The van der Waals surface area contributed by atoms with Crippen LogP contribution in [0.4, 0.5) is 0 Å². The highest BCUT2D eigenvalue weighted by molar-refractivity contribution is 6.00. The molecular weight excluding hydrogens is 290 g/mol. The van der Waals surface area contributed by atoms with Crippen LogP contribution in [-0.4, -0.2) is 47.1 Å². The van der Waals surface area contributed by atoms with Gasteiger partial charge in [-0.1, -0.05) is 12.1 Å². The molecule has 1 aliphatic heterocycles. The maximum Gasteiger partial charge on any atom is 0.255 e. The van der Waals surface area contributed by atoms with Crippen LogP contribution in [0.15, 0.2) is 18.2 Å². The van der Waals surface area contributed by atoms with Crippen molar-refractivity contribution < 1.29 is 9.90 Å². The number of hydrogen-bond acceptors (Lipinski definition) is 4. The summed E-state index contributed by atoms with van der Waals surface area (Å²) in [5.74, 6) is -0.0376. The first-order valence-electron chi connectivity index (χ1n) is 8.19. The molecule has 1 aromatic carbocycles. The summed E-state index contributed by atoms with van der Waals surface area (Å²) in [4.78, 5) is 16.6. The van der Waals surface area contributed by atoms with E-state index in [4.69, 9.17) is 0 Å². The Bertz CT molecular complexity index is 642. The third-order valence-electron chi connectivity index (χ3n) is 4.83. The summed E-state index contributed by atoms with van der Waals surface area (Å²) in [6, 6.07) is 7.70. The zero-order valence-corrected chi connectivity index (χ0v) is 13.7. The van der Waals surface area contributed by atoms with E-state index < -0.39 is 6.04 Å². The highest BCUT2D eigenvalue weighted by Crippen LogP contribution is 2.39. The van der Waals surface area contributed by atoms with Crippen molar-refractivity contribution in [3.8, 4) is 6.07 Å². The van der Waals surface area contributed by atoms with Crippen molar-refractivity contribution in [2.75, 3.05) is 14.1 Å². The average molecular weight is 313 g/mol. The number of carbonyl (C=O) groups excluding carboxylic acids is 1. The van der Waals surface area contributed by atoms with E-state index in [0.29, 0.717) is 18.4 Å². The summed E-state index contributed by atoms with van der Waals surface area (Å²) in [5.41, 5.74) is 2.61. The van der Waals surface area contributed by atoms with E-state index in [-0.39, 0.29) is 18.1 Å². The first-order chi connectivity index (χ1) is 11.0. The van der Waals surface area contributed by atoms with Gasteiger partial charge in [0.15, 0.2) is 0 Å². The van der Waals surface area contributed by atoms with E-state index in [9.17, 15) is 15.2 Å². The lowest BCUT2D eigenvalue weighted by atomic mass is 9.91. The number of nitrogens with zero attached hydrogens (tertiary/aromatic N) is 3. The van der Waals surface area contributed by atoms with Crippen molar-refractivity contribution in [1.82, 2.24) is 9.80 Å². The normalized spacial score (nSPS) is 27.2. The molecule has 5 heteroatoms. The van der Waals surface area contributed by atoms with Crippen LogP contribution < -0.4 is 0 Å². The average Bonchev–Trinajstić information content (AvgIpc) is 2.79. The molecule has 0 spiro atoms. The van der Waals surface area contributed by atoms with Gasteiger partial charge in [-0.2, -0.15) is 5.26 Å². The van der Waals surface area contributed by atoms with Crippen molar-refractivity contribution >= 4 is 5.91 Å². The number of rotatable bonds is 3. The molecule has 5 nitrogen and oxygen atoms in total. The Kier molecular flexibility index (Phi) is 4.38. The predicted molar refractivity (Wildman–Crippen MR) is 86.6 cm³/mol. The van der Waals surface area contributed by atoms with Gasteiger partial charge in [0.05, 0.1) is 12.2 Å². The van der Waals surface area contributed by atoms with Crippen molar-refractivity contribution in [3.63, 3.8) is 0 Å². The Morgan fingerprint density at radius 3 is 2.61 bits per heavy atom. The van der Waals surface area contributed by atoms with Gasteiger partial charge in [-0.25, -0.2) is 0 Å². The zero-order chi connectivity index (χ0) is 16.6. The molecule has 23 heavy (non-hydrogen) atoms. The van der Waals surface area contributed by atoms with Crippen LogP contribution in [-0.2, 0) is 6.54 Å². The Morgan fingerprint density at radius 2 is 2.00 bits per heavy atom. The maximum atomic E-state index is 12.8. The molecule has 0 saturated heterocycles. The Labute approximate surface area is 137 Å². The maximum absolute atomic E-state index is 12.8. The SMILES string of the molecule is CN(C)Cc1ccc2c(c1)C(C#N)N(C1CCC(O)CC1)C2=O. The summed E-state index contributed by atoms with van der Waals surface area (Å²) in [5, 5.41) is 19.3. The fraction of sp³-hybridized carbons (Fsp3) is 0.556. The smallest absolute Gasteiger partial charge is 0.255 e. The Balaban J connectivity index is 1.90. The minimum Gasteiger partial charge on any atom is -0.393 e. The van der Waals surface area contributed by atoms with Gasteiger partial charge in [-0.3, -0.25) is 4.79 Å². The molecule has 0 bridgehead atoms. The van der Waals surface area contributed by atoms with E-state index in [1.54, 1.807) is 4.90 Å². The van der Waals surface area contributed by atoms with E-state index in [0.717, 1.165) is 30.5 Å². The van der Waals surface area contributed by atoms with Gasteiger partial charge in [0.2, 0.25) is 0 Å². The highest BCUT2D eigenvalue weighted by atomic mass is 16.3. The van der Waals surface area contributed by atoms with Gasteiger partial charge in [0.1, 0.15) is 6.04 Å². The summed E-state index contributed by atoms with van der Waals surface area (Å²) in [6.07, 6.45) is 2.68. The summed E-state index contributed by atoms with van der Waals surface area (Å²) in [7, 11) is 4.00. The quantitative estimate of drug-likeness (QED) is 0.927. The first-order valence-corrected chi connectivity index (χ1v) is 8.19. The molecule has 1 heterocycles. The van der Waals surface area contributed by atoms with Crippen LogP contribution in [0, 0.1) is 11.3 Å². The molecule has 1 fully saturated rings. The molecule has 0 radical (unpaired) electrons. The van der Waals surface area contributed by atoms with Gasteiger partial charge < -0.3 is 14.9 Å². The predicted octanol–water partition coefficient (Wildman–Crippen LogP) is 2.07. The highest BCUT2D eigenvalue weighted by Gasteiger charge is 2.41. The monoisotopic (exact) mass is 313 g/mol. The lowest BCUT2D eigenvalue weighted by molar-refractivity contribution is 0.0479. The third-order valence-corrected chi connectivity index (χ3v) is 4.83. The fourth-order valence-electron chi connectivity index (χ4n) is 3.75. The first kappa shape index (κ1) is 16.0. The van der Waals surface area contributed by atoms with Crippen molar-refractivity contribution in [2.45, 2.75) is 50.4 Å². The fourth-order valence-corrected chi connectivity index (χ4v) is 3.75. The Hall–Kier alpha value is -1.90. The van der Waals surface area contributed by atoms with Gasteiger partial charge in [-0.05, 0) is 51.4 Å². The number of fused-ring (bicyclic) bond motifs is 1. The number of nitriles is 1. The Morgan fingerprint density at radius 1 is 1.30 bits per heavy atom. The molecule has 1 aromatic rings. The molecule has 1 aliphatic carbocycles. The second kappa shape index (κ2) is 6.31. The molecule has 1 amide bonds. The number of aliphatic hydroxyl groups excluding tert-OH is 1. The van der Waals surface area contributed by atoms with Gasteiger partial charge in [0.25, 0.3) is 5.91 Å².